The Bertz CT molecular complexity index is 710. The van der Waals surface area contributed by atoms with Gasteiger partial charge < -0.3 is 34.1 Å². The Balaban J connectivity index is -0.0000000585. The summed E-state index contributed by atoms with van der Waals surface area (Å²) in [4.78, 5) is 14.3. The molecule has 6 N–H and O–H groups in total. The third-order valence-corrected chi connectivity index (χ3v) is 4.38. The fourth-order valence-corrected chi connectivity index (χ4v) is 2.31. The van der Waals surface area contributed by atoms with Crippen molar-refractivity contribution in [1.82, 2.24) is 0 Å². The molecule has 0 heterocycles. The van der Waals surface area contributed by atoms with Gasteiger partial charge in [-0.05, 0) is 46.6 Å². The lowest BCUT2D eigenvalue weighted by Crippen LogP contribution is -1.99. The van der Waals surface area contributed by atoms with E-state index < -0.39 is 0 Å². The minimum absolute atomic E-state index is 0. The van der Waals surface area contributed by atoms with Gasteiger partial charge in [-0.2, -0.15) is 0 Å². The number of para-hydroxylation sites is 1. The summed E-state index contributed by atoms with van der Waals surface area (Å²) in [6.45, 7) is 2.14. The van der Waals surface area contributed by atoms with Gasteiger partial charge in [0.15, 0.2) is 0 Å². The SMILES string of the molecule is COc1ccc([SiH3])cc1.C[SiH3].O.O[SiH3].O[SiH3].Oc1ccc([SiH3])cc1.Oc1ccccc1.[CH3+].[H+].[SiH3]O[SiH3]. The van der Waals surface area contributed by atoms with E-state index in [-0.39, 0.29) is 14.3 Å². The Morgan fingerprint density at radius 3 is 1.14 bits per heavy atom. The van der Waals surface area contributed by atoms with Gasteiger partial charge in [0.2, 0.25) is 0 Å². The zero-order valence-electron chi connectivity index (χ0n) is 24.1. The number of ether oxygens (including phenoxy) is 1. The maximum Gasteiger partial charge on any atom is 1.00 e. The van der Waals surface area contributed by atoms with E-state index in [1.54, 1.807) is 43.5 Å². The van der Waals surface area contributed by atoms with Gasteiger partial charge in [-0.1, -0.05) is 59.4 Å². The van der Waals surface area contributed by atoms with Crippen molar-refractivity contribution in [2.75, 3.05) is 7.11 Å². The summed E-state index contributed by atoms with van der Waals surface area (Å²) < 4.78 is 9.51. The predicted molar refractivity (Wildman–Crippen MR) is 181 cm³/mol. The highest BCUT2D eigenvalue weighted by atomic mass is 28.3. The molecule has 3 rings (SSSR count). The van der Waals surface area contributed by atoms with Gasteiger partial charge in [-0.25, -0.2) is 0 Å². The summed E-state index contributed by atoms with van der Waals surface area (Å²) in [6, 6.07) is 24.2. The molecule has 0 aromatic heterocycles. The van der Waals surface area contributed by atoms with Crippen LogP contribution in [-0.4, -0.2) is 105 Å². The molecule has 0 saturated heterocycles. The van der Waals surface area contributed by atoms with Gasteiger partial charge in [0.05, 0.1) is 7.11 Å². The van der Waals surface area contributed by atoms with Gasteiger partial charge >= 0.3 is 1.43 Å². The van der Waals surface area contributed by atoms with E-state index >= 15 is 0 Å². The maximum absolute atomic E-state index is 8.77. The second kappa shape index (κ2) is 39.5. The Morgan fingerprint density at radius 2 is 0.914 bits per heavy atom. The molecule has 0 unspecified atom stereocenters. The van der Waals surface area contributed by atoms with Crippen LogP contribution < -0.4 is 15.1 Å². The predicted octanol–water partition coefficient (Wildman–Crippen LogP) is -6.32. The average molecular weight is 611 g/mol. The average Bonchev–Trinajstić information content (AvgIpc) is 2.87. The molecule has 7 nitrogen and oxygen atoms in total. The number of benzene rings is 3. The molecule has 3 aromatic carbocycles. The highest BCUT2D eigenvalue weighted by Gasteiger charge is 1.85. The van der Waals surface area contributed by atoms with Crippen molar-refractivity contribution in [3.63, 3.8) is 0 Å². The number of hydrogen-bond acceptors (Lipinski definition) is 6. The molecule has 0 radical (unpaired) electrons. The summed E-state index contributed by atoms with van der Waals surface area (Å²) in [6.07, 6.45) is 0. The van der Waals surface area contributed by atoms with Gasteiger partial charge in [0.1, 0.15) is 59.2 Å². The Morgan fingerprint density at radius 1 is 0.629 bits per heavy atom. The van der Waals surface area contributed by atoms with Gasteiger partial charge in [-0.15, -0.1) is 0 Å². The monoisotopic (exact) mass is 610 g/mol. The highest BCUT2D eigenvalue weighted by molar-refractivity contribution is 6.32. The number of phenols is 2. The standard InChI is InChI=1S/C7H10OSi.C6H8OSi.C6H6O.CH6Si.CH3.H6OSi2.2H4OSi.H2O/c1-8-6-2-4-7(9)5-3-6;7-5-1-3-6(8)4-2-5;7-6-4-2-1-3-5-6;1-2;;2-1-3;2*1-2;/h2-5H,1,9H3;1-4,7H,8H3;1-5,7H;1-2H3;1H3;2-3H3;2*1H,2H3;1H2/q;;;;+1;;;;/p+1. The molecule has 0 bridgehead atoms. The van der Waals surface area contributed by atoms with Crippen molar-refractivity contribution >= 4 is 83.0 Å². The summed E-state index contributed by atoms with van der Waals surface area (Å²) >= 11 is 0. The molecule has 3 aromatic rings. The summed E-state index contributed by atoms with van der Waals surface area (Å²) in [5.41, 5.74) is 0. The van der Waals surface area contributed by atoms with Crippen LogP contribution in [0.15, 0.2) is 78.9 Å². The van der Waals surface area contributed by atoms with Crippen molar-refractivity contribution < 1.29 is 35.6 Å². The molecule has 0 amide bonds. The van der Waals surface area contributed by atoms with Crippen LogP contribution >= 0.6 is 0 Å². The zero-order chi connectivity index (χ0) is 26.5. The minimum Gasteiger partial charge on any atom is -0.508 e. The van der Waals surface area contributed by atoms with E-state index in [1.165, 1.54) is 20.6 Å². The quantitative estimate of drug-likeness (QED) is 0.160. The van der Waals surface area contributed by atoms with Crippen LogP contribution in [0.2, 0.25) is 6.55 Å². The Kier molecular flexibility index (Phi) is 52.6. The van der Waals surface area contributed by atoms with E-state index in [0.29, 0.717) is 32.5 Å². The van der Waals surface area contributed by atoms with Crippen LogP contribution in [0.4, 0.5) is 0 Å². The zero-order valence-corrected chi connectivity index (χ0v) is 37.1. The molecular weight excluding hydrogens is 561 g/mol. The van der Waals surface area contributed by atoms with Crippen molar-refractivity contribution in [3.05, 3.63) is 86.3 Å². The first-order valence-corrected chi connectivity index (χ1v) is 17.7. The first kappa shape index (κ1) is 46.6. The summed E-state index contributed by atoms with van der Waals surface area (Å²) in [7, 11) is 7.64. The lowest BCUT2D eigenvalue weighted by molar-refractivity contribution is 0.415. The van der Waals surface area contributed by atoms with Crippen LogP contribution in [0.3, 0.4) is 0 Å². The summed E-state index contributed by atoms with van der Waals surface area (Å²) in [5.74, 6) is 1.61. The third-order valence-electron chi connectivity index (χ3n) is 3.05. The van der Waals surface area contributed by atoms with Gasteiger partial charge in [-0.3, -0.25) is 0 Å². The molecule has 0 saturated carbocycles. The number of methoxy groups -OCH3 is 1. The van der Waals surface area contributed by atoms with E-state index in [4.69, 9.17) is 24.5 Å². The molecule has 0 aliphatic carbocycles. The molecule has 0 aliphatic rings. The minimum atomic E-state index is 0. The normalized spacial score (nSPS) is 7.77. The molecule has 35 heavy (non-hydrogen) atoms. The van der Waals surface area contributed by atoms with Gasteiger partial charge in [0, 0.05) is 27.9 Å². The van der Waals surface area contributed by atoms with Crippen LogP contribution in [0, 0.1) is 7.43 Å². The molecule has 0 fully saturated rings. The number of phenolic OH excluding ortho intramolecular Hbond substituents is 2. The maximum atomic E-state index is 8.77. The number of hydrogen-bond donors (Lipinski definition) is 4. The topological polar surface area (TPSA) is 131 Å². The van der Waals surface area contributed by atoms with Crippen molar-refractivity contribution in [3.8, 4) is 17.2 Å². The van der Waals surface area contributed by atoms with Crippen LogP contribution in [-0.2, 0) is 4.12 Å². The lowest BCUT2D eigenvalue weighted by atomic mass is 10.3. The van der Waals surface area contributed by atoms with Crippen molar-refractivity contribution in [2.45, 2.75) is 6.55 Å². The molecule has 202 valence electrons. The van der Waals surface area contributed by atoms with Crippen molar-refractivity contribution in [2.24, 2.45) is 0 Å². The molecular formula is C21H50O7Si7+2. The largest absolute Gasteiger partial charge is 1.00 e. The number of rotatable bonds is 1. The van der Waals surface area contributed by atoms with E-state index in [1.807, 2.05) is 30.3 Å². The first-order valence-electron chi connectivity index (χ1n) is 10.3. The van der Waals surface area contributed by atoms with E-state index in [0.717, 1.165) is 47.2 Å². The second-order valence-corrected chi connectivity index (χ2v) is 11.2. The second-order valence-electron chi connectivity index (χ2n) is 5.60. The third kappa shape index (κ3) is 37.0. The smallest absolute Gasteiger partial charge is 0.508 e. The molecule has 0 spiro atoms. The van der Waals surface area contributed by atoms with Crippen LogP contribution in [0.1, 0.15) is 1.43 Å². The van der Waals surface area contributed by atoms with Gasteiger partial charge in [0.25, 0.3) is 0 Å². The highest BCUT2D eigenvalue weighted by Crippen LogP contribution is 2.04. The van der Waals surface area contributed by atoms with Crippen molar-refractivity contribution in [1.29, 1.82) is 0 Å². The molecule has 0 aliphatic heterocycles. The van der Waals surface area contributed by atoms with Crippen LogP contribution in [0.25, 0.3) is 0 Å². The number of aromatic hydroxyl groups is 2. The first-order chi connectivity index (χ1) is 15.9. The Hall–Kier alpha value is -1.71. The summed E-state index contributed by atoms with van der Waals surface area (Å²) in [5, 5.41) is 20.1. The van der Waals surface area contributed by atoms with E-state index in [2.05, 4.69) is 22.8 Å². The molecule has 0 atom stereocenters. The fourth-order valence-electron chi connectivity index (χ4n) is 1.65. The fraction of sp³-hybridized carbons (Fsp3) is 0.0952. The van der Waals surface area contributed by atoms with Crippen LogP contribution in [0.5, 0.6) is 17.2 Å². The molecule has 14 heteroatoms. The Labute approximate surface area is 235 Å². The lowest BCUT2D eigenvalue weighted by Gasteiger charge is -1.97. The van der Waals surface area contributed by atoms with E-state index in [9.17, 15) is 0 Å².